The van der Waals surface area contributed by atoms with Crippen LogP contribution in [-0.4, -0.2) is 48.0 Å². The lowest BCUT2D eigenvalue weighted by Gasteiger charge is -2.34. The Morgan fingerprint density at radius 3 is 2.77 bits per heavy atom. The summed E-state index contributed by atoms with van der Waals surface area (Å²) in [5.74, 6) is 0.130. The van der Waals surface area contributed by atoms with Gasteiger partial charge in [0.2, 0.25) is 5.91 Å². The molecule has 2 aliphatic rings. The Labute approximate surface area is 129 Å². The molecule has 0 saturated carbocycles. The van der Waals surface area contributed by atoms with Gasteiger partial charge >= 0.3 is 0 Å². The van der Waals surface area contributed by atoms with E-state index in [0.29, 0.717) is 13.2 Å². The lowest BCUT2D eigenvalue weighted by Crippen LogP contribution is -2.46. The molecular formula is C15H22N4O3. The van der Waals surface area contributed by atoms with Crippen molar-refractivity contribution < 1.29 is 9.53 Å². The zero-order chi connectivity index (χ0) is 15.5. The number of rotatable bonds is 3. The maximum absolute atomic E-state index is 12.1. The molecule has 1 amide bonds. The third-order valence-electron chi connectivity index (χ3n) is 4.46. The number of carbonyl (C=O) groups excluding carboxylic acids is 1. The Balaban J connectivity index is 1.52. The van der Waals surface area contributed by atoms with Crippen LogP contribution in [0.3, 0.4) is 0 Å². The first-order valence-corrected chi connectivity index (χ1v) is 7.80. The van der Waals surface area contributed by atoms with Crippen LogP contribution in [0.1, 0.15) is 19.3 Å². The molecule has 0 aromatic carbocycles. The van der Waals surface area contributed by atoms with Crippen LogP contribution in [0.5, 0.6) is 0 Å². The van der Waals surface area contributed by atoms with E-state index in [4.69, 9.17) is 4.74 Å². The lowest BCUT2D eigenvalue weighted by molar-refractivity contribution is -0.125. The smallest absolute Gasteiger partial charge is 0.268 e. The van der Waals surface area contributed by atoms with Crippen LogP contribution in [0, 0.1) is 5.92 Å². The molecule has 3 rings (SSSR count). The number of ether oxygens (including phenoxy) is 1. The summed E-state index contributed by atoms with van der Waals surface area (Å²) in [5, 5.41) is 7.18. The Kier molecular flexibility index (Phi) is 4.42. The number of nitrogens with zero attached hydrogens (tertiary/aromatic N) is 3. The SMILES string of the molecule is Cn1ncc(N2CCC(NC(=O)C3CCOC3)CC2)cc1=O. The summed E-state index contributed by atoms with van der Waals surface area (Å²) in [7, 11) is 1.64. The minimum atomic E-state index is -0.103. The number of nitrogens with one attached hydrogen (secondary N) is 1. The van der Waals surface area contributed by atoms with Gasteiger partial charge in [-0.1, -0.05) is 0 Å². The van der Waals surface area contributed by atoms with Crippen LogP contribution in [0.2, 0.25) is 0 Å². The molecule has 0 aliphatic carbocycles. The highest BCUT2D eigenvalue weighted by atomic mass is 16.5. The van der Waals surface area contributed by atoms with E-state index in [-0.39, 0.29) is 23.4 Å². The van der Waals surface area contributed by atoms with E-state index in [1.165, 1.54) is 4.68 Å². The van der Waals surface area contributed by atoms with Gasteiger partial charge < -0.3 is 15.0 Å². The number of piperidine rings is 1. The van der Waals surface area contributed by atoms with E-state index in [2.05, 4.69) is 15.3 Å². The van der Waals surface area contributed by atoms with Gasteiger partial charge in [-0.25, -0.2) is 4.68 Å². The minimum Gasteiger partial charge on any atom is -0.381 e. The summed E-state index contributed by atoms with van der Waals surface area (Å²) in [6.07, 6.45) is 4.31. The normalized spacial score (nSPS) is 22.8. The first kappa shape index (κ1) is 15.0. The number of hydrogen-bond acceptors (Lipinski definition) is 5. The predicted octanol–water partition coefficient (Wildman–Crippen LogP) is -0.0982. The van der Waals surface area contributed by atoms with E-state index in [9.17, 15) is 9.59 Å². The Hall–Kier alpha value is -1.89. The minimum absolute atomic E-state index is 0.0133. The van der Waals surface area contributed by atoms with E-state index in [1.807, 2.05) is 0 Å². The third kappa shape index (κ3) is 3.30. The number of carbonyl (C=O) groups is 1. The molecule has 2 saturated heterocycles. The maximum atomic E-state index is 12.1. The molecule has 0 bridgehead atoms. The summed E-state index contributed by atoms with van der Waals surface area (Å²) in [6.45, 7) is 2.87. The van der Waals surface area contributed by atoms with Crippen molar-refractivity contribution in [1.82, 2.24) is 15.1 Å². The molecule has 1 N–H and O–H groups in total. The van der Waals surface area contributed by atoms with Crippen LogP contribution in [0.4, 0.5) is 5.69 Å². The second-order valence-electron chi connectivity index (χ2n) is 6.01. The fraction of sp³-hybridized carbons (Fsp3) is 0.667. The monoisotopic (exact) mass is 306 g/mol. The molecule has 0 radical (unpaired) electrons. The predicted molar refractivity (Wildman–Crippen MR) is 81.8 cm³/mol. The molecule has 1 aromatic heterocycles. The van der Waals surface area contributed by atoms with Crippen molar-refractivity contribution in [3.63, 3.8) is 0 Å². The quantitative estimate of drug-likeness (QED) is 0.844. The lowest BCUT2D eigenvalue weighted by atomic mass is 10.0. The van der Waals surface area contributed by atoms with Gasteiger partial charge in [0.15, 0.2) is 0 Å². The Bertz CT molecular complexity index is 587. The molecule has 3 heterocycles. The van der Waals surface area contributed by atoms with Crippen molar-refractivity contribution in [3.8, 4) is 0 Å². The molecule has 2 aliphatic heterocycles. The average molecular weight is 306 g/mol. The van der Waals surface area contributed by atoms with Crippen molar-refractivity contribution >= 4 is 11.6 Å². The first-order chi connectivity index (χ1) is 10.6. The Morgan fingerprint density at radius 2 is 2.14 bits per heavy atom. The molecular weight excluding hydrogens is 284 g/mol. The zero-order valence-corrected chi connectivity index (χ0v) is 12.8. The highest BCUT2D eigenvalue weighted by Crippen LogP contribution is 2.19. The van der Waals surface area contributed by atoms with Crippen molar-refractivity contribution in [1.29, 1.82) is 0 Å². The van der Waals surface area contributed by atoms with E-state index >= 15 is 0 Å². The number of hydrogen-bond donors (Lipinski definition) is 1. The van der Waals surface area contributed by atoms with Gasteiger partial charge in [-0.2, -0.15) is 5.10 Å². The van der Waals surface area contributed by atoms with Gasteiger partial charge in [-0.3, -0.25) is 9.59 Å². The summed E-state index contributed by atoms with van der Waals surface area (Å²) >= 11 is 0. The van der Waals surface area contributed by atoms with Gasteiger partial charge in [0.1, 0.15) is 0 Å². The molecule has 0 spiro atoms. The molecule has 7 nitrogen and oxygen atoms in total. The highest BCUT2D eigenvalue weighted by molar-refractivity contribution is 5.79. The van der Waals surface area contributed by atoms with Crippen molar-refractivity contribution in [2.45, 2.75) is 25.3 Å². The number of anilines is 1. The molecule has 1 unspecified atom stereocenters. The Morgan fingerprint density at radius 1 is 1.36 bits per heavy atom. The van der Waals surface area contributed by atoms with Gasteiger partial charge in [0.05, 0.1) is 24.4 Å². The van der Waals surface area contributed by atoms with E-state index in [0.717, 1.165) is 38.0 Å². The van der Waals surface area contributed by atoms with Crippen molar-refractivity contribution in [2.24, 2.45) is 13.0 Å². The van der Waals surface area contributed by atoms with Crippen molar-refractivity contribution in [2.75, 3.05) is 31.2 Å². The van der Waals surface area contributed by atoms with E-state index in [1.54, 1.807) is 19.3 Å². The van der Waals surface area contributed by atoms with Gasteiger partial charge in [0, 0.05) is 38.9 Å². The van der Waals surface area contributed by atoms with Crippen molar-refractivity contribution in [3.05, 3.63) is 22.6 Å². The zero-order valence-electron chi connectivity index (χ0n) is 12.8. The van der Waals surface area contributed by atoms with Gasteiger partial charge in [-0.05, 0) is 19.3 Å². The van der Waals surface area contributed by atoms with Crippen LogP contribution in [-0.2, 0) is 16.6 Å². The molecule has 1 aromatic rings. The molecule has 120 valence electrons. The molecule has 1 atom stereocenters. The van der Waals surface area contributed by atoms with Gasteiger partial charge in [-0.15, -0.1) is 0 Å². The molecule has 2 fully saturated rings. The summed E-state index contributed by atoms with van der Waals surface area (Å²) < 4.78 is 6.58. The average Bonchev–Trinajstić information content (AvgIpc) is 3.05. The summed E-state index contributed by atoms with van der Waals surface area (Å²) in [6, 6.07) is 1.82. The van der Waals surface area contributed by atoms with Gasteiger partial charge in [0.25, 0.3) is 5.56 Å². The van der Waals surface area contributed by atoms with Crippen LogP contribution in [0.25, 0.3) is 0 Å². The largest absolute Gasteiger partial charge is 0.381 e. The topological polar surface area (TPSA) is 76.5 Å². The fourth-order valence-corrected chi connectivity index (χ4v) is 2.98. The number of aryl methyl sites for hydroxylation is 1. The number of amides is 1. The molecule has 22 heavy (non-hydrogen) atoms. The van der Waals surface area contributed by atoms with Crippen LogP contribution < -0.4 is 15.8 Å². The highest BCUT2D eigenvalue weighted by Gasteiger charge is 2.27. The van der Waals surface area contributed by atoms with Crippen LogP contribution in [0.15, 0.2) is 17.1 Å². The second-order valence-corrected chi connectivity index (χ2v) is 6.01. The fourth-order valence-electron chi connectivity index (χ4n) is 2.98. The third-order valence-corrected chi connectivity index (χ3v) is 4.46. The van der Waals surface area contributed by atoms with Crippen LogP contribution >= 0.6 is 0 Å². The standard InChI is InChI=1S/C15H22N4O3/c1-18-14(20)8-13(9-16-18)19-5-2-12(3-6-19)17-15(21)11-4-7-22-10-11/h8-9,11-12H,2-7,10H2,1H3,(H,17,21). The summed E-state index contributed by atoms with van der Waals surface area (Å²) in [4.78, 5) is 25.9. The summed E-state index contributed by atoms with van der Waals surface area (Å²) in [5.41, 5.74) is 0.756. The maximum Gasteiger partial charge on any atom is 0.268 e. The second kappa shape index (κ2) is 6.48. The number of aromatic nitrogens is 2. The first-order valence-electron chi connectivity index (χ1n) is 7.80. The molecule has 7 heteroatoms. The van der Waals surface area contributed by atoms with E-state index < -0.39 is 0 Å².